The first-order valence-corrected chi connectivity index (χ1v) is 11.6. The number of hydrogen-bond donors (Lipinski definition) is 3. The lowest BCUT2D eigenvalue weighted by molar-refractivity contribution is 0.0535. The fourth-order valence-corrected chi connectivity index (χ4v) is 4.87. The molecule has 10 nitrogen and oxygen atoms in total. The molecule has 2 fully saturated rings. The van der Waals surface area contributed by atoms with E-state index in [9.17, 15) is 14.7 Å². The van der Waals surface area contributed by atoms with Crippen LogP contribution in [-0.4, -0.2) is 59.6 Å². The summed E-state index contributed by atoms with van der Waals surface area (Å²) in [6.07, 6.45) is 5.33. The molecular formula is C22H21N7O3S. The van der Waals surface area contributed by atoms with Gasteiger partial charge in [0.25, 0.3) is 5.91 Å². The van der Waals surface area contributed by atoms with Gasteiger partial charge in [-0.1, -0.05) is 6.92 Å². The van der Waals surface area contributed by atoms with E-state index in [2.05, 4.69) is 22.0 Å². The van der Waals surface area contributed by atoms with Gasteiger partial charge in [0.2, 0.25) is 5.88 Å². The molecule has 0 unspecified atom stereocenters. The van der Waals surface area contributed by atoms with E-state index in [0.717, 1.165) is 30.8 Å². The second kappa shape index (κ2) is 7.41. The molecule has 1 saturated heterocycles. The number of imidazole rings is 1. The Hall–Kier alpha value is -3.73. The third-order valence-electron chi connectivity index (χ3n) is 5.80. The number of carbonyl (C=O) groups is 1. The van der Waals surface area contributed by atoms with Crippen molar-refractivity contribution in [3.8, 4) is 16.5 Å². The van der Waals surface area contributed by atoms with E-state index in [1.54, 1.807) is 16.8 Å². The molecule has 1 aliphatic carbocycles. The summed E-state index contributed by atoms with van der Waals surface area (Å²) in [5.41, 5.74) is 1.68. The van der Waals surface area contributed by atoms with Crippen molar-refractivity contribution in [2.24, 2.45) is 10.9 Å². The highest BCUT2D eigenvalue weighted by atomic mass is 32.1. The normalized spacial score (nSPS) is 17.8. The second-order valence-corrected chi connectivity index (χ2v) is 9.74. The average Bonchev–Trinajstić information content (AvgIpc) is 3.16. The van der Waals surface area contributed by atoms with Crippen LogP contribution in [0.3, 0.4) is 0 Å². The van der Waals surface area contributed by atoms with Gasteiger partial charge in [0.1, 0.15) is 5.69 Å². The standard InChI is InChI=1S/C22H21N7O3S/c1-11-9-28(10-11)21(31)17-5-4-16(33-17)14-7-18(24-13-2-3-13)29-19(25-14)12(8-23-29)6-15-20(30)27-22(32)26-15/h4-8,11,13,30H,2-3,9-10H2,1H3,(H2,26,27,32). The minimum atomic E-state index is -0.499. The number of rotatable bonds is 4. The van der Waals surface area contributed by atoms with Crippen molar-refractivity contribution in [3.63, 3.8) is 0 Å². The molecular weight excluding hydrogens is 442 g/mol. The number of aromatic nitrogens is 5. The van der Waals surface area contributed by atoms with Crippen molar-refractivity contribution in [1.82, 2.24) is 29.5 Å². The van der Waals surface area contributed by atoms with Crippen LogP contribution >= 0.6 is 11.3 Å². The summed E-state index contributed by atoms with van der Waals surface area (Å²) in [6.45, 7) is 3.73. The molecule has 0 bridgehead atoms. The molecule has 0 spiro atoms. The van der Waals surface area contributed by atoms with E-state index >= 15 is 0 Å². The highest BCUT2D eigenvalue weighted by Gasteiger charge is 2.29. The zero-order valence-corrected chi connectivity index (χ0v) is 18.6. The summed E-state index contributed by atoms with van der Waals surface area (Å²) in [5.74, 6) is 0.355. The van der Waals surface area contributed by atoms with Crippen molar-refractivity contribution < 1.29 is 9.90 Å². The van der Waals surface area contributed by atoms with E-state index in [1.165, 1.54) is 11.3 Å². The SMILES string of the molecule is CC1CN(C(=O)c2ccc(-c3cc(=NC4CC4)n4ncc(=Cc5[nH]c(=O)[nH]c5O)c4n3)s2)C1. The second-order valence-electron chi connectivity index (χ2n) is 8.66. The van der Waals surface area contributed by atoms with E-state index in [-0.39, 0.29) is 23.5 Å². The number of H-pyrrole nitrogens is 2. The van der Waals surface area contributed by atoms with Crippen LogP contribution in [0.15, 0.2) is 34.2 Å². The molecule has 5 heterocycles. The van der Waals surface area contributed by atoms with E-state index in [0.29, 0.717) is 32.8 Å². The molecule has 33 heavy (non-hydrogen) atoms. The minimum Gasteiger partial charge on any atom is -0.493 e. The van der Waals surface area contributed by atoms with Crippen LogP contribution in [0.4, 0.5) is 0 Å². The first-order chi connectivity index (χ1) is 15.9. The molecule has 0 radical (unpaired) electrons. The smallest absolute Gasteiger partial charge is 0.326 e. The molecule has 0 atom stereocenters. The fraction of sp³-hybridized carbons (Fsp3) is 0.318. The van der Waals surface area contributed by atoms with Crippen LogP contribution in [0.1, 0.15) is 35.1 Å². The lowest BCUT2D eigenvalue weighted by atomic mass is 10.0. The van der Waals surface area contributed by atoms with Gasteiger partial charge in [0.15, 0.2) is 11.1 Å². The number of fused-ring (bicyclic) bond motifs is 1. The number of aromatic hydroxyl groups is 1. The van der Waals surface area contributed by atoms with Crippen LogP contribution in [0.2, 0.25) is 0 Å². The summed E-state index contributed by atoms with van der Waals surface area (Å²) in [7, 11) is 0. The van der Waals surface area contributed by atoms with Gasteiger partial charge in [-0.05, 0) is 37.0 Å². The van der Waals surface area contributed by atoms with E-state index < -0.39 is 5.69 Å². The Morgan fingerprint density at radius 2 is 2.12 bits per heavy atom. The third kappa shape index (κ3) is 3.63. The van der Waals surface area contributed by atoms with Gasteiger partial charge in [-0.3, -0.25) is 14.8 Å². The molecule has 4 aromatic heterocycles. The van der Waals surface area contributed by atoms with Crippen LogP contribution in [-0.2, 0) is 0 Å². The number of likely N-dealkylation sites (tertiary alicyclic amines) is 1. The van der Waals surface area contributed by atoms with E-state index in [1.807, 2.05) is 23.1 Å². The Morgan fingerprint density at radius 3 is 2.82 bits per heavy atom. The Labute approximate surface area is 190 Å². The molecule has 1 aliphatic heterocycles. The summed E-state index contributed by atoms with van der Waals surface area (Å²) < 4.78 is 1.66. The van der Waals surface area contributed by atoms with Crippen LogP contribution in [0.5, 0.6) is 5.88 Å². The average molecular weight is 464 g/mol. The molecule has 168 valence electrons. The Bertz CT molecular complexity index is 1570. The van der Waals surface area contributed by atoms with Gasteiger partial charge in [-0.15, -0.1) is 11.3 Å². The van der Waals surface area contributed by atoms with Gasteiger partial charge >= 0.3 is 5.69 Å². The number of amides is 1. The number of nitrogens with one attached hydrogen (secondary N) is 2. The summed E-state index contributed by atoms with van der Waals surface area (Å²) >= 11 is 1.42. The predicted octanol–water partition coefficient (Wildman–Crippen LogP) is 0.882. The number of aromatic amines is 2. The maximum atomic E-state index is 12.7. The van der Waals surface area contributed by atoms with Gasteiger partial charge in [-0.25, -0.2) is 9.78 Å². The van der Waals surface area contributed by atoms with Gasteiger partial charge in [0.05, 0.1) is 27.7 Å². The largest absolute Gasteiger partial charge is 0.493 e. The molecule has 2 aliphatic rings. The number of carbonyl (C=O) groups excluding carboxylic acids is 1. The molecule has 11 heteroatoms. The number of nitrogens with zero attached hydrogens (tertiary/aromatic N) is 5. The third-order valence-corrected chi connectivity index (χ3v) is 6.89. The monoisotopic (exact) mass is 463 g/mol. The predicted molar refractivity (Wildman–Crippen MR) is 122 cm³/mol. The summed E-state index contributed by atoms with van der Waals surface area (Å²) in [4.78, 5) is 42.1. The highest BCUT2D eigenvalue weighted by molar-refractivity contribution is 7.17. The van der Waals surface area contributed by atoms with Gasteiger partial charge < -0.3 is 15.0 Å². The highest BCUT2D eigenvalue weighted by Crippen LogP contribution is 2.29. The molecule has 4 aromatic rings. The fourth-order valence-electron chi connectivity index (χ4n) is 3.93. The van der Waals surface area contributed by atoms with Crippen molar-refractivity contribution >= 4 is 29.0 Å². The van der Waals surface area contributed by atoms with Crippen LogP contribution < -0.4 is 16.4 Å². The Morgan fingerprint density at radius 1 is 1.30 bits per heavy atom. The van der Waals surface area contributed by atoms with Crippen molar-refractivity contribution in [1.29, 1.82) is 0 Å². The lowest BCUT2D eigenvalue weighted by Crippen LogP contribution is -2.48. The minimum absolute atomic E-state index is 0.0542. The molecule has 0 aromatic carbocycles. The van der Waals surface area contributed by atoms with Gasteiger partial charge in [-0.2, -0.15) is 9.61 Å². The van der Waals surface area contributed by atoms with Crippen molar-refractivity contribution in [3.05, 3.63) is 56.2 Å². The molecule has 3 N–H and O–H groups in total. The van der Waals surface area contributed by atoms with Crippen molar-refractivity contribution in [2.75, 3.05) is 13.1 Å². The molecule has 1 amide bonds. The van der Waals surface area contributed by atoms with Gasteiger partial charge in [0, 0.05) is 24.4 Å². The number of hydrogen-bond acceptors (Lipinski definition) is 7. The number of thiophene rings is 1. The van der Waals surface area contributed by atoms with E-state index in [4.69, 9.17) is 9.98 Å². The Kier molecular flexibility index (Phi) is 4.47. The summed E-state index contributed by atoms with van der Waals surface area (Å²) in [6, 6.07) is 5.93. The molecule has 6 rings (SSSR count). The maximum Gasteiger partial charge on any atom is 0.326 e. The van der Waals surface area contributed by atoms with Crippen LogP contribution in [0.25, 0.3) is 22.3 Å². The Balaban J connectivity index is 1.47. The topological polar surface area (TPSA) is 132 Å². The zero-order chi connectivity index (χ0) is 22.7. The first kappa shape index (κ1) is 19.9. The lowest BCUT2D eigenvalue weighted by Gasteiger charge is -2.36. The molecule has 1 saturated carbocycles. The zero-order valence-electron chi connectivity index (χ0n) is 17.8. The quantitative estimate of drug-likeness (QED) is 0.413. The first-order valence-electron chi connectivity index (χ1n) is 10.8. The van der Waals surface area contributed by atoms with Crippen molar-refractivity contribution in [2.45, 2.75) is 25.8 Å². The summed E-state index contributed by atoms with van der Waals surface area (Å²) in [5, 5.41) is 15.0. The maximum absolute atomic E-state index is 12.7. The van der Waals surface area contributed by atoms with Crippen LogP contribution in [0, 0.1) is 5.92 Å².